The summed E-state index contributed by atoms with van der Waals surface area (Å²) in [6, 6.07) is 5.87. The smallest absolute Gasteiger partial charge is 0.358 e. The van der Waals surface area contributed by atoms with Crippen LogP contribution in [0.15, 0.2) is 24.3 Å². The number of benzene rings is 1. The highest BCUT2D eigenvalue weighted by Gasteiger charge is 2.49. The maximum atomic E-state index is 14.5. The number of amides is 2. The van der Waals surface area contributed by atoms with E-state index in [1.165, 1.54) is 28.1 Å². The van der Waals surface area contributed by atoms with Gasteiger partial charge < -0.3 is 10.1 Å². The van der Waals surface area contributed by atoms with E-state index in [9.17, 15) is 18.8 Å². The standard InChI is InChI=1S/C26H33FN4O4/c1-4-35-24(33)21-15-22-23(32)31(19-13-12-17(2)20(27)14-19)26(3,16-30(22)29-21)25(34)28-18-10-8-6-5-7-9-11-18/h12-15,18H,4-11,16H2,1-3H3,(H,28,34). The van der Waals surface area contributed by atoms with E-state index in [4.69, 9.17) is 4.74 Å². The predicted octanol–water partition coefficient (Wildman–Crippen LogP) is 4.16. The van der Waals surface area contributed by atoms with Crippen LogP contribution in [0.3, 0.4) is 0 Å². The number of nitrogens with zero attached hydrogens (tertiary/aromatic N) is 3. The fourth-order valence-electron chi connectivity index (χ4n) is 4.95. The minimum atomic E-state index is -1.38. The van der Waals surface area contributed by atoms with Crippen LogP contribution in [0.4, 0.5) is 10.1 Å². The van der Waals surface area contributed by atoms with Crippen LogP contribution in [0.1, 0.15) is 85.3 Å². The number of anilines is 1. The van der Waals surface area contributed by atoms with E-state index in [1.54, 1.807) is 32.9 Å². The van der Waals surface area contributed by atoms with E-state index in [0.29, 0.717) is 5.56 Å². The van der Waals surface area contributed by atoms with Crippen molar-refractivity contribution in [2.45, 2.75) is 83.8 Å². The second-order valence-corrected chi connectivity index (χ2v) is 9.66. The maximum absolute atomic E-state index is 14.5. The van der Waals surface area contributed by atoms with Gasteiger partial charge in [0.05, 0.1) is 13.2 Å². The SMILES string of the molecule is CCOC(=O)c1cc2n(n1)CC(C)(C(=O)NC1CCCCCCC1)N(c1ccc(C)c(F)c1)C2=O. The minimum Gasteiger partial charge on any atom is -0.461 e. The number of esters is 1. The molecule has 1 aromatic carbocycles. The number of nitrogens with one attached hydrogen (secondary N) is 1. The van der Waals surface area contributed by atoms with Gasteiger partial charge in [0.2, 0.25) is 5.91 Å². The first-order chi connectivity index (χ1) is 16.7. The molecule has 35 heavy (non-hydrogen) atoms. The number of carbonyl (C=O) groups excluding carboxylic acids is 3. The zero-order valence-electron chi connectivity index (χ0n) is 20.6. The normalized spacial score (nSPS) is 21.1. The van der Waals surface area contributed by atoms with Gasteiger partial charge in [0.1, 0.15) is 17.1 Å². The van der Waals surface area contributed by atoms with Gasteiger partial charge in [-0.25, -0.2) is 9.18 Å². The third-order valence-corrected chi connectivity index (χ3v) is 6.98. The molecule has 188 valence electrons. The third-order valence-electron chi connectivity index (χ3n) is 6.98. The Morgan fingerprint density at radius 1 is 1.17 bits per heavy atom. The lowest BCUT2D eigenvalue weighted by molar-refractivity contribution is -0.127. The lowest BCUT2D eigenvalue weighted by atomic mass is 9.91. The van der Waals surface area contributed by atoms with Crippen molar-refractivity contribution in [3.63, 3.8) is 0 Å². The van der Waals surface area contributed by atoms with Crippen molar-refractivity contribution < 1.29 is 23.5 Å². The summed E-state index contributed by atoms with van der Waals surface area (Å²) in [6.45, 7) is 5.17. The second-order valence-electron chi connectivity index (χ2n) is 9.66. The van der Waals surface area contributed by atoms with Crippen LogP contribution in [0, 0.1) is 12.7 Å². The van der Waals surface area contributed by atoms with Gasteiger partial charge in [0.25, 0.3) is 5.91 Å². The topological polar surface area (TPSA) is 93.5 Å². The first-order valence-electron chi connectivity index (χ1n) is 12.4. The monoisotopic (exact) mass is 484 g/mol. The first-order valence-corrected chi connectivity index (χ1v) is 12.4. The van der Waals surface area contributed by atoms with Gasteiger partial charge in [-0.15, -0.1) is 0 Å². The van der Waals surface area contributed by atoms with Crippen molar-refractivity contribution in [2.24, 2.45) is 0 Å². The van der Waals surface area contributed by atoms with Crippen LogP contribution >= 0.6 is 0 Å². The number of rotatable bonds is 5. The van der Waals surface area contributed by atoms with Gasteiger partial charge in [-0.05, 0) is 51.3 Å². The van der Waals surface area contributed by atoms with Crippen molar-refractivity contribution in [1.29, 1.82) is 0 Å². The zero-order valence-corrected chi connectivity index (χ0v) is 20.6. The molecular weight excluding hydrogens is 451 g/mol. The van der Waals surface area contributed by atoms with Crippen molar-refractivity contribution in [3.8, 4) is 0 Å². The van der Waals surface area contributed by atoms with Gasteiger partial charge >= 0.3 is 5.97 Å². The highest BCUT2D eigenvalue weighted by molar-refractivity contribution is 6.12. The number of fused-ring (bicyclic) bond motifs is 1. The lowest BCUT2D eigenvalue weighted by Gasteiger charge is -2.43. The molecule has 8 nitrogen and oxygen atoms in total. The second kappa shape index (κ2) is 10.2. The van der Waals surface area contributed by atoms with Crippen LogP contribution < -0.4 is 10.2 Å². The Kier molecular flexibility index (Phi) is 7.23. The van der Waals surface area contributed by atoms with Crippen molar-refractivity contribution in [3.05, 3.63) is 47.0 Å². The van der Waals surface area contributed by atoms with Crippen LogP contribution in [-0.2, 0) is 16.1 Å². The van der Waals surface area contributed by atoms with Gasteiger partial charge in [-0.3, -0.25) is 19.2 Å². The van der Waals surface area contributed by atoms with Gasteiger partial charge in [0.15, 0.2) is 5.69 Å². The van der Waals surface area contributed by atoms with E-state index >= 15 is 0 Å². The summed E-state index contributed by atoms with van der Waals surface area (Å²) in [5.41, 5.74) is -0.529. The molecule has 1 aliphatic carbocycles. The predicted molar refractivity (Wildman–Crippen MR) is 129 cm³/mol. The molecule has 0 radical (unpaired) electrons. The Balaban J connectivity index is 1.73. The highest BCUT2D eigenvalue weighted by atomic mass is 19.1. The Hall–Kier alpha value is -3.23. The molecule has 2 amide bonds. The molecule has 0 bridgehead atoms. The molecule has 1 saturated carbocycles. The summed E-state index contributed by atoms with van der Waals surface area (Å²) in [5.74, 6) is -1.96. The Morgan fingerprint density at radius 3 is 2.51 bits per heavy atom. The number of ether oxygens (including phenoxy) is 1. The molecule has 0 saturated heterocycles. The molecule has 4 rings (SSSR count). The van der Waals surface area contributed by atoms with Crippen LogP contribution in [0.5, 0.6) is 0 Å². The Morgan fingerprint density at radius 2 is 1.86 bits per heavy atom. The molecule has 0 spiro atoms. The van der Waals surface area contributed by atoms with Crippen LogP contribution in [0.2, 0.25) is 0 Å². The molecule has 1 aliphatic heterocycles. The Bertz CT molecular complexity index is 1120. The molecule has 2 heterocycles. The molecule has 9 heteroatoms. The van der Waals surface area contributed by atoms with E-state index in [1.807, 2.05) is 0 Å². The molecule has 2 aromatic rings. The molecule has 2 aliphatic rings. The molecular formula is C26H33FN4O4. The van der Waals surface area contributed by atoms with Gasteiger partial charge in [0, 0.05) is 17.8 Å². The quantitative estimate of drug-likeness (QED) is 0.644. The number of aryl methyl sites for hydroxylation is 1. The maximum Gasteiger partial charge on any atom is 0.358 e. The van der Waals surface area contributed by atoms with Crippen LogP contribution in [0.25, 0.3) is 0 Å². The van der Waals surface area contributed by atoms with Gasteiger partial charge in [-0.2, -0.15) is 5.10 Å². The number of halogens is 1. The number of aromatic nitrogens is 2. The zero-order chi connectivity index (χ0) is 25.2. The lowest BCUT2D eigenvalue weighted by Crippen LogP contribution is -2.65. The van der Waals surface area contributed by atoms with Gasteiger partial charge in [-0.1, -0.05) is 38.2 Å². The fraction of sp³-hybridized carbons (Fsp3) is 0.538. The average molecular weight is 485 g/mol. The number of hydrogen-bond donors (Lipinski definition) is 1. The summed E-state index contributed by atoms with van der Waals surface area (Å²) in [6.07, 6.45) is 7.35. The third kappa shape index (κ3) is 4.94. The summed E-state index contributed by atoms with van der Waals surface area (Å²) in [4.78, 5) is 41.1. The van der Waals surface area contributed by atoms with E-state index in [0.717, 1.165) is 38.5 Å². The van der Waals surface area contributed by atoms with E-state index in [2.05, 4.69) is 10.4 Å². The van der Waals surface area contributed by atoms with Crippen molar-refractivity contribution in [1.82, 2.24) is 15.1 Å². The summed E-state index contributed by atoms with van der Waals surface area (Å²) >= 11 is 0. The van der Waals surface area contributed by atoms with E-state index < -0.39 is 23.2 Å². The van der Waals surface area contributed by atoms with Crippen LogP contribution in [-0.4, -0.2) is 45.8 Å². The summed E-state index contributed by atoms with van der Waals surface area (Å²) in [5, 5.41) is 7.44. The van der Waals surface area contributed by atoms with Crippen molar-refractivity contribution >= 4 is 23.5 Å². The molecule has 1 unspecified atom stereocenters. The fourth-order valence-corrected chi connectivity index (χ4v) is 4.95. The Labute approximate surface area is 204 Å². The first kappa shape index (κ1) is 24.9. The van der Waals surface area contributed by atoms with E-state index in [-0.39, 0.29) is 42.2 Å². The number of carbonyl (C=O) groups is 3. The summed E-state index contributed by atoms with van der Waals surface area (Å²) < 4.78 is 21.0. The van der Waals surface area contributed by atoms with Crippen molar-refractivity contribution in [2.75, 3.05) is 11.5 Å². The minimum absolute atomic E-state index is 0.00471. The molecule has 1 N–H and O–H groups in total. The molecule has 1 aromatic heterocycles. The number of hydrogen-bond acceptors (Lipinski definition) is 5. The average Bonchev–Trinajstić information content (AvgIpc) is 3.22. The largest absolute Gasteiger partial charge is 0.461 e. The molecule has 1 fully saturated rings. The molecule has 1 atom stereocenters. The highest BCUT2D eigenvalue weighted by Crippen LogP contribution is 2.34. The summed E-state index contributed by atoms with van der Waals surface area (Å²) in [7, 11) is 0.